The number of nitrogens with two attached hydrogens (primary N) is 1. The lowest BCUT2D eigenvalue weighted by Crippen LogP contribution is -2.54. The monoisotopic (exact) mass is 471 g/mol. The number of piperazine rings is 1. The molecule has 3 aromatic carbocycles. The number of hydrazone groups is 1. The van der Waals surface area contributed by atoms with Gasteiger partial charge in [0.15, 0.2) is 0 Å². The van der Waals surface area contributed by atoms with E-state index in [9.17, 15) is 9.90 Å². The molecular weight excluding hydrogens is 438 g/mol. The molecule has 3 N–H and O–H groups in total. The van der Waals surface area contributed by atoms with Gasteiger partial charge in [-0.1, -0.05) is 48.5 Å². The maximum Gasteiger partial charge on any atom is 0.325 e. The SMILES string of the molecule is NN=Cc1ccc(N2CCN(C3CCN(C(C(=O)O)c4ccc5ccccc5c4)CC3)CC2)cc1. The van der Waals surface area contributed by atoms with Gasteiger partial charge in [-0.25, -0.2) is 0 Å². The molecule has 0 aliphatic carbocycles. The van der Waals surface area contributed by atoms with Crippen LogP contribution in [0.4, 0.5) is 5.69 Å². The Kier molecular flexibility index (Phi) is 6.97. The maximum atomic E-state index is 12.3. The third-order valence-electron chi connectivity index (χ3n) is 7.50. The molecule has 2 heterocycles. The number of hydrogen-bond acceptors (Lipinski definition) is 6. The first-order chi connectivity index (χ1) is 17.1. The third kappa shape index (κ3) is 5.16. The molecule has 0 saturated carbocycles. The van der Waals surface area contributed by atoms with E-state index in [1.165, 1.54) is 5.69 Å². The topological polar surface area (TPSA) is 85.4 Å². The second kappa shape index (κ2) is 10.5. The summed E-state index contributed by atoms with van der Waals surface area (Å²) in [5, 5.41) is 15.9. The van der Waals surface area contributed by atoms with Gasteiger partial charge in [0, 0.05) is 51.0 Å². The Hall–Kier alpha value is -3.42. The molecule has 0 aromatic heterocycles. The number of rotatable bonds is 6. The van der Waals surface area contributed by atoms with Gasteiger partial charge in [0.25, 0.3) is 0 Å². The van der Waals surface area contributed by atoms with Gasteiger partial charge >= 0.3 is 5.97 Å². The molecule has 2 aliphatic rings. The highest BCUT2D eigenvalue weighted by Crippen LogP contribution is 2.29. The van der Waals surface area contributed by atoms with Crippen molar-refractivity contribution in [3.05, 3.63) is 77.9 Å². The summed E-state index contributed by atoms with van der Waals surface area (Å²) in [6.45, 7) is 5.67. The smallest absolute Gasteiger partial charge is 0.325 e. The zero-order valence-corrected chi connectivity index (χ0v) is 20.0. The molecular formula is C28H33N5O2. The van der Waals surface area contributed by atoms with E-state index >= 15 is 0 Å². The molecule has 2 saturated heterocycles. The molecule has 35 heavy (non-hydrogen) atoms. The number of fused-ring (bicyclic) bond motifs is 1. The lowest BCUT2D eigenvalue weighted by Gasteiger charge is -2.44. The Morgan fingerprint density at radius 1 is 0.914 bits per heavy atom. The minimum Gasteiger partial charge on any atom is -0.480 e. The number of nitrogens with zero attached hydrogens (tertiary/aromatic N) is 4. The summed E-state index contributed by atoms with van der Waals surface area (Å²) in [6, 6.07) is 22.4. The number of anilines is 1. The van der Waals surface area contributed by atoms with Crippen molar-refractivity contribution in [2.45, 2.75) is 24.9 Å². The van der Waals surface area contributed by atoms with Crippen LogP contribution in [-0.2, 0) is 4.79 Å². The minimum absolute atomic E-state index is 0.516. The van der Waals surface area contributed by atoms with Crippen LogP contribution in [0.2, 0.25) is 0 Å². The highest BCUT2D eigenvalue weighted by atomic mass is 16.4. The van der Waals surface area contributed by atoms with Gasteiger partial charge in [-0.05, 0) is 52.9 Å². The average Bonchev–Trinajstić information content (AvgIpc) is 2.90. The highest BCUT2D eigenvalue weighted by molar-refractivity contribution is 5.85. The summed E-state index contributed by atoms with van der Waals surface area (Å²) in [5.41, 5.74) is 3.10. The second-order valence-electron chi connectivity index (χ2n) is 9.51. The van der Waals surface area contributed by atoms with Crippen molar-refractivity contribution in [2.24, 2.45) is 10.9 Å². The minimum atomic E-state index is -0.768. The number of aliphatic carboxylic acids is 1. The molecule has 5 rings (SSSR count). The van der Waals surface area contributed by atoms with Crippen LogP contribution in [0.5, 0.6) is 0 Å². The van der Waals surface area contributed by atoms with E-state index in [-0.39, 0.29) is 0 Å². The van der Waals surface area contributed by atoms with E-state index in [0.717, 1.165) is 74.0 Å². The second-order valence-corrected chi connectivity index (χ2v) is 9.51. The first kappa shape index (κ1) is 23.3. The molecule has 2 fully saturated rings. The number of benzene rings is 3. The molecule has 0 radical (unpaired) electrons. The molecule has 2 aliphatic heterocycles. The zero-order chi connectivity index (χ0) is 24.2. The quantitative estimate of drug-likeness (QED) is 0.325. The molecule has 7 nitrogen and oxygen atoms in total. The summed E-state index contributed by atoms with van der Waals surface area (Å²) < 4.78 is 0. The molecule has 182 valence electrons. The Morgan fingerprint density at radius 3 is 2.26 bits per heavy atom. The van der Waals surface area contributed by atoms with Gasteiger partial charge in [0.2, 0.25) is 0 Å². The molecule has 3 aromatic rings. The Bertz CT molecular complexity index is 1180. The van der Waals surface area contributed by atoms with Crippen LogP contribution in [0.1, 0.15) is 30.0 Å². The Morgan fingerprint density at radius 2 is 1.60 bits per heavy atom. The summed E-state index contributed by atoms with van der Waals surface area (Å²) >= 11 is 0. The maximum absolute atomic E-state index is 12.3. The molecule has 7 heteroatoms. The Labute approximate surface area is 206 Å². The molecule has 0 bridgehead atoms. The van der Waals surface area contributed by atoms with Crippen LogP contribution < -0.4 is 10.7 Å². The van der Waals surface area contributed by atoms with Crippen molar-refractivity contribution in [2.75, 3.05) is 44.2 Å². The van der Waals surface area contributed by atoms with Gasteiger partial charge < -0.3 is 15.8 Å². The van der Waals surface area contributed by atoms with Gasteiger partial charge in [-0.2, -0.15) is 5.10 Å². The summed E-state index contributed by atoms with van der Waals surface area (Å²) in [4.78, 5) is 19.4. The summed E-state index contributed by atoms with van der Waals surface area (Å²) in [7, 11) is 0. The predicted molar refractivity (Wildman–Crippen MR) is 141 cm³/mol. The van der Waals surface area contributed by atoms with Crippen LogP contribution in [0.15, 0.2) is 71.8 Å². The number of piperidine rings is 1. The van der Waals surface area contributed by atoms with E-state index in [2.05, 4.69) is 38.0 Å². The van der Waals surface area contributed by atoms with Crippen molar-refractivity contribution in [3.8, 4) is 0 Å². The van der Waals surface area contributed by atoms with Crippen molar-refractivity contribution in [3.63, 3.8) is 0 Å². The van der Waals surface area contributed by atoms with E-state index in [4.69, 9.17) is 5.84 Å². The van der Waals surface area contributed by atoms with Gasteiger partial charge in [-0.15, -0.1) is 0 Å². The van der Waals surface area contributed by atoms with E-state index in [1.54, 1.807) is 6.21 Å². The van der Waals surface area contributed by atoms with E-state index in [1.807, 2.05) is 48.5 Å². The fraction of sp³-hybridized carbons (Fsp3) is 0.357. The lowest BCUT2D eigenvalue weighted by molar-refractivity contribution is -0.144. The molecule has 0 amide bonds. The Balaban J connectivity index is 1.17. The van der Waals surface area contributed by atoms with Crippen LogP contribution in [-0.4, -0.2) is 72.4 Å². The van der Waals surface area contributed by atoms with Crippen molar-refractivity contribution >= 4 is 28.6 Å². The first-order valence-electron chi connectivity index (χ1n) is 12.4. The van der Waals surface area contributed by atoms with Crippen LogP contribution >= 0.6 is 0 Å². The van der Waals surface area contributed by atoms with Crippen molar-refractivity contribution < 1.29 is 9.90 Å². The number of hydrogen-bond donors (Lipinski definition) is 2. The predicted octanol–water partition coefficient (Wildman–Crippen LogP) is 3.54. The lowest BCUT2D eigenvalue weighted by atomic mass is 9.96. The van der Waals surface area contributed by atoms with E-state index in [0.29, 0.717) is 6.04 Å². The number of likely N-dealkylation sites (tertiary alicyclic amines) is 1. The van der Waals surface area contributed by atoms with Crippen LogP contribution in [0.3, 0.4) is 0 Å². The average molecular weight is 472 g/mol. The number of carboxylic acid groups (broad SMARTS) is 1. The normalized spacial score (nSPS) is 19.4. The first-order valence-corrected chi connectivity index (χ1v) is 12.4. The van der Waals surface area contributed by atoms with Gasteiger partial charge in [0.1, 0.15) is 6.04 Å². The number of carbonyl (C=O) groups is 1. The largest absolute Gasteiger partial charge is 0.480 e. The molecule has 1 unspecified atom stereocenters. The van der Waals surface area contributed by atoms with Gasteiger partial charge in [-0.3, -0.25) is 14.6 Å². The van der Waals surface area contributed by atoms with Crippen molar-refractivity contribution in [1.82, 2.24) is 9.80 Å². The molecule has 1 atom stereocenters. The van der Waals surface area contributed by atoms with Crippen molar-refractivity contribution in [1.29, 1.82) is 0 Å². The standard InChI is InChI=1S/C28H33N5O2/c29-30-20-21-5-9-25(10-6-21)31-15-17-32(18-16-31)26-11-13-33(14-12-26)27(28(34)35)24-8-7-22-3-1-2-4-23(22)19-24/h1-10,19-20,26-27H,11-18,29H2,(H,34,35). The highest BCUT2D eigenvalue weighted by Gasteiger charge is 2.33. The fourth-order valence-corrected chi connectivity index (χ4v) is 5.60. The van der Waals surface area contributed by atoms with Crippen LogP contribution in [0.25, 0.3) is 10.8 Å². The molecule has 0 spiro atoms. The third-order valence-corrected chi connectivity index (χ3v) is 7.50. The van der Waals surface area contributed by atoms with E-state index < -0.39 is 12.0 Å². The van der Waals surface area contributed by atoms with Crippen LogP contribution in [0, 0.1) is 0 Å². The summed E-state index contributed by atoms with van der Waals surface area (Å²) in [5.74, 6) is 4.47. The van der Waals surface area contributed by atoms with Gasteiger partial charge in [0.05, 0.1) is 6.21 Å². The summed E-state index contributed by atoms with van der Waals surface area (Å²) in [6.07, 6.45) is 3.66. The number of carboxylic acids is 1. The fourth-order valence-electron chi connectivity index (χ4n) is 5.60. The zero-order valence-electron chi connectivity index (χ0n) is 20.0.